The Labute approximate surface area is 193 Å². The average molecular weight is 439 g/mol. The fourth-order valence-electron chi connectivity index (χ4n) is 4.67. The van der Waals surface area contributed by atoms with Gasteiger partial charge in [0.15, 0.2) is 0 Å². The number of aliphatic hydroxyl groups is 2. The smallest absolute Gasteiger partial charge is 0.127 e. The summed E-state index contributed by atoms with van der Waals surface area (Å²) < 4.78 is 11.7. The van der Waals surface area contributed by atoms with Crippen LogP contribution in [0.15, 0.2) is 84.9 Å². The van der Waals surface area contributed by atoms with Crippen molar-refractivity contribution < 1.29 is 19.7 Å². The predicted molar refractivity (Wildman–Crippen MR) is 131 cm³/mol. The molecule has 0 unspecified atom stereocenters. The van der Waals surface area contributed by atoms with Crippen LogP contribution in [0, 0.1) is 0 Å². The lowest BCUT2D eigenvalue weighted by atomic mass is 9.88. The molecule has 0 spiro atoms. The Kier molecular flexibility index (Phi) is 6.11. The van der Waals surface area contributed by atoms with E-state index in [-0.39, 0.29) is 26.4 Å². The van der Waals surface area contributed by atoms with E-state index >= 15 is 0 Å². The van der Waals surface area contributed by atoms with Crippen LogP contribution in [0.5, 0.6) is 11.5 Å². The molecule has 0 heterocycles. The zero-order chi connectivity index (χ0) is 22.6. The summed E-state index contributed by atoms with van der Waals surface area (Å²) in [5.41, 5.74) is 9.26. The number of hydrogen-bond donors (Lipinski definition) is 2. The van der Waals surface area contributed by atoms with Crippen molar-refractivity contribution in [1.82, 2.24) is 0 Å². The van der Waals surface area contributed by atoms with Crippen LogP contribution in [-0.2, 0) is 6.42 Å². The number of para-hydroxylation sites is 2. The van der Waals surface area contributed by atoms with E-state index in [2.05, 4.69) is 48.5 Å². The fourth-order valence-corrected chi connectivity index (χ4v) is 4.67. The third-order valence-corrected chi connectivity index (χ3v) is 6.02. The Morgan fingerprint density at radius 2 is 1.06 bits per heavy atom. The summed E-state index contributed by atoms with van der Waals surface area (Å²) >= 11 is 0. The summed E-state index contributed by atoms with van der Waals surface area (Å²) in [7, 11) is 0. The summed E-state index contributed by atoms with van der Waals surface area (Å²) in [4.78, 5) is 0. The maximum absolute atomic E-state index is 9.27. The van der Waals surface area contributed by atoms with Crippen LogP contribution in [0.1, 0.15) is 11.1 Å². The van der Waals surface area contributed by atoms with E-state index in [0.29, 0.717) is 0 Å². The summed E-state index contributed by atoms with van der Waals surface area (Å²) in [5, 5.41) is 18.5. The molecule has 33 heavy (non-hydrogen) atoms. The normalized spacial score (nSPS) is 11.7. The first-order valence-corrected chi connectivity index (χ1v) is 11.2. The molecule has 5 rings (SSSR count). The molecule has 0 saturated carbocycles. The molecule has 166 valence electrons. The topological polar surface area (TPSA) is 58.9 Å². The first kappa shape index (κ1) is 21.3. The Morgan fingerprint density at radius 3 is 1.70 bits per heavy atom. The molecule has 0 amide bonds. The molecule has 2 N–H and O–H groups in total. The molecule has 4 nitrogen and oxygen atoms in total. The molecule has 4 heteroatoms. The van der Waals surface area contributed by atoms with Crippen LogP contribution in [0.3, 0.4) is 0 Å². The molecule has 1 aliphatic rings. The zero-order valence-corrected chi connectivity index (χ0v) is 18.3. The van der Waals surface area contributed by atoms with Gasteiger partial charge in [-0.15, -0.1) is 0 Å². The summed E-state index contributed by atoms with van der Waals surface area (Å²) in [6, 6.07) is 28.8. The Hall–Kier alpha value is -3.60. The van der Waals surface area contributed by atoms with Crippen molar-refractivity contribution >= 4 is 0 Å². The number of rotatable bonds is 8. The first-order valence-electron chi connectivity index (χ1n) is 11.2. The number of benzene rings is 4. The van der Waals surface area contributed by atoms with E-state index in [9.17, 15) is 10.2 Å². The van der Waals surface area contributed by atoms with E-state index in [1.54, 1.807) is 0 Å². The minimum atomic E-state index is -0.0289. The van der Waals surface area contributed by atoms with Crippen molar-refractivity contribution in [2.75, 3.05) is 26.4 Å². The summed E-state index contributed by atoms with van der Waals surface area (Å²) in [6.07, 6.45) is 0.836. The standard InChI is InChI=1S/C29H26O4/c30-15-17-32-27-11-5-3-9-23(27)22-13-14-25(24-10-4-6-12-28(24)33-18-16-31)29-21-8-2-1-7-20(21)19-26(22)29/h1-14,30-31H,15-19H2. The average Bonchev–Trinajstić information content (AvgIpc) is 3.26. The van der Waals surface area contributed by atoms with Crippen molar-refractivity contribution in [3.63, 3.8) is 0 Å². The highest BCUT2D eigenvalue weighted by atomic mass is 16.5. The molecular formula is C29H26O4. The number of aliphatic hydroxyl groups excluding tert-OH is 2. The van der Waals surface area contributed by atoms with E-state index in [0.717, 1.165) is 40.2 Å². The zero-order valence-electron chi connectivity index (χ0n) is 18.3. The van der Waals surface area contributed by atoms with Gasteiger partial charge in [-0.05, 0) is 51.9 Å². The second-order valence-corrected chi connectivity index (χ2v) is 7.98. The maximum atomic E-state index is 9.27. The van der Waals surface area contributed by atoms with Gasteiger partial charge in [-0.3, -0.25) is 0 Å². The van der Waals surface area contributed by atoms with Gasteiger partial charge in [0, 0.05) is 11.1 Å². The maximum Gasteiger partial charge on any atom is 0.127 e. The molecule has 4 aromatic carbocycles. The SMILES string of the molecule is OCCOc1ccccc1-c1ccc(-c2ccccc2OCCO)c2c1Cc1ccccc1-2. The third-order valence-electron chi connectivity index (χ3n) is 6.02. The lowest BCUT2D eigenvalue weighted by Gasteiger charge is -2.18. The number of ether oxygens (including phenoxy) is 2. The highest BCUT2D eigenvalue weighted by Gasteiger charge is 2.27. The van der Waals surface area contributed by atoms with E-state index in [1.807, 2.05) is 36.4 Å². The highest BCUT2D eigenvalue weighted by Crippen LogP contribution is 2.49. The van der Waals surface area contributed by atoms with Crippen molar-refractivity contribution in [3.05, 3.63) is 96.1 Å². The lowest BCUT2D eigenvalue weighted by molar-refractivity contribution is 0.202. The second kappa shape index (κ2) is 9.49. The van der Waals surface area contributed by atoms with Crippen LogP contribution < -0.4 is 9.47 Å². The fraction of sp³-hybridized carbons (Fsp3) is 0.172. The van der Waals surface area contributed by atoms with Gasteiger partial charge < -0.3 is 19.7 Å². The molecular weight excluding hydrogens is 412 g/mol. The van der Waals surface area contributed by atoms with Crippen molar-refractivity contribution in [3.8, 4) is 44.9 Å². The molecule has 0 aromatic heterocycles. The number of fused-ring (bicyclic) bond motifs is 3. The summed E-state index contributed by atoms with van der Waals surface area (Å²) in [6.45, 7) is 0.455. The molecule has 0 bridgehead atoms. The van der Waals surface area contributed by atoms with Gasteiger partial charge in [0.05, 0.1) is 13.2 Å². The minimum Gasteiger partial charge on any atom is -0.491 e. The molecule has 0 aliphatic heterocycles. The molecule has 0 saturated heterocycles. The van der Waals surface area contributed by atoms with Crippen molar-refractivity contribution in [2.45, 2.75) is 6.42 Å². The van der Waals surface area contributed by atoms with Crippen LogP contribution in [-0.4, -0.2) is 36.6 Å². The first-order chi connectivity index (χ1) is 16.3. The van der Waals surface area contributed by atoms with Crippen LogP contribution in [0.25, 0.3) is 33.4 Å². The van der Waals surface area contributed by atoms with Crippen LogP contribution in [0.4, 0.5) is 0 Å². The minimum absolute atomic E-state index is 0.0263. The highest BCUT2D eigenvalue weighted by molar-refractivity contribution is 5.96. The van der Waals surface area contributed by atoms with E-state index in [4.69, 9.17) is 9.47 Å². The van der Waals surface area contributed by atoms with Crippen LogP contribution >= 0.6 is 0 Å². The van der Waals surface area contributed by atoms with E-state index in [1.165, 1.54) is 22.3 Å². The van der Waals surface area contributed by atoms with Gasteiger partial charge in [-0.2, -0.15) is 0 Å². The van der Waals surface area contributed by atoms with Crippen molar-refractivity contribution in [2.24, 2.45) is 0 Å². The second-order valence-electron chi connectivity index (χ2n) is 7.98. The van der Waals surface area contributed by atoms with Gasteiger partial charge in [0.1, 0.15) is 24.7 Å². The van der Waals surface area contributed by atoms with Gasteiger partial charge in [-0.1, -0.05) is 72.8 Å². The van der Waals surface area contributed by atoms with Crippen LogP contribution in [0.2, 0.25) is 0 Å². The monoisotopic (exact) mass is 438 g/mol. The molecule has 1 aliphatic carbocycles. The van der Waals surface area contributed by atoms with Gasteiger partial charge in [0.2, 0.25) is 0 Å². The van der Waals surface area contributed by atoms with Crippen molar-refractivity contribution in [1.29, 1.82) is 0 Å². The molecule has 0 atom stereocenters. The summed E-state index contributed by atoms with van der Waals surface area (Å²) in [5.74, 6) is 1.53. The van der Waals surface area contributed by atoms with Gasteiger partial charge in [0.25, 0.3) is 0 Å². The van der Waals surface area contributed by atoms with E-state index < -0.39 is 0 Å². The number of hydrogen-bond acceptors (Lipinski definition) is 4. The molecule has 4 aromatic rings. The van der Waals surface area contributed by atoms with Gasteiger partial charge >= 0.3 is 0 Å². The predicted octanol–water partition coefficient (Wildman–Crippen LogP) is 5.33. The molecule has 0 fully saturated rings. The molecule has 0 radical (unpaired) electrons. The Morgan fingerprint density at radius 1 is 0.545 bits per heavy atom. The Bertz CT molecular complexity index is 1280. The Balaban J connectivity index is 1.72. The lowest BCUT2D eigenvalue weighted by Crippen LogP contribution is -2.04. The quantitative estimate of drug-likeness (QED) is 0.344. The van der Waals surface area contributed by atoms with Gasteiger partial charge in [-0.25, -0.2) is 0 Å². The largest absolute Gasteiger partial charge is 0.491 e. The third kappa shape index (κ3) is 3.99.